The number of amides is 2. The first-order chi connectivity index (χ1) is 20.5. The standard InChI is InChI=1S/C32H36N6O6/c1-19-9-13-21(14-10-19)23-17-25(35-37(23)29(41)43-31(3,4)5)33-27(39)28(40)34-26-18-24(22-15-11-20(2)12-16-22)38(36-26)30(42)44-32(6,7)8/h9-18H,1-8H3,(H,33,35,39)(H,34,36,40). The van der Waals surface area contributed by atoms with E-state index in [9.17, 15) is 19.2 Å². The molecule has 0 saturated heterocycles. The van der Waals surface area contributed by atoms with E-state index in [0.717, 1.165) is 20.5 Å². The summed E-state index contributed by atoms with van der Waals surface area (Å²) in [7, 11) is 0. The van der Waals surface area contributed by atoms with Crippen molar-refractivity contribution in [3.63, 3.8) is 0 Å². The summed E-state index contributed by atoms with van der Waals surface area (Å²) in [6.07, 6.45) is -1.51. The SMILES string of the molecule is Cc1ccc(-c2cc(NC(=O)C(=O)Nc3cc(-c4ccc(C)cc4)n(C(=O)OC(C)(C)C)n3)nn2C(=O)OC(C)(C)C)cc1. The number of ether oxygens (including phenoxy) is 2. The lowest BCUT2D eigenvalue weighted by atomic mass is 10.1. The molecule has 0 atom stereocenters. The molecule has 2 amide bonds. The van der Waals surface area contributed by atoms with Gasteiger partial charge in [0.05, 0.1) is 11.4 Å². The maximum Gasteiger partial charge on any atom is 0.435 e. The highest BCUT2D eigenvalue weighted by atomic mass is 16.6. The molecule has 12 heteroatoms. The average Bonchev–Trinajstić information content (AvgIpc) is 3.52. The van der Waals surface area contributed by atoms with E-state index < -0.39 is 35.2 Å². The zero-order chi connectivity index (χ0) is 32.4. The van der Waals surface area contributed by atoms with E-state index in [1.807, 2.05) is 38.1 Å². The average molecular weight is 601 g/mol. The Bertz CT molecular complexity index is 1580. The molecule has 0 fully saturated rings. The van der Waals surface area contributed by atoms with E-state index in [4.69, 9.17) is 9.47 Å². The molecule has 0 bridgehead atoms. The fourth-order valence-corrected chi connectivity index (χ4v) is 3.98. The number of hydrogen-bond acceptors (Lipinski definition) is 8. The van der Waals surface area contributed by atoms with E-state index >= 15 is 0 Å². The van der Waals surface area contributed by atoms with Crippen molar-refractivity contribution in [2.75, 3.05) is 10.6 Å². The molecular formula is C32H36N6O6. The van der Waals surface area contributed by atoms with Crippen molar-refractivity contribution in [3.05, 3.63) is 71.8 Å². The van der Waals surface area contributed by atoms with Crippen LogP contribution in [0.5, 0.6) is 0 Å². The molecule has 0 aliphatic carbocycles. The van der Waals surface area contributed by atoms with Crippen LogP contribution in [0.15, 0.2) is 60.7 Å². The molecule has 2 aromatic heterocycles. The first kappa shape index (κ1) is 31.7. The van der Waals surface area contributed by atoms with Crippen LogP contribution in [0.4, 0.5) is 21.2 Å². The molecule has 4 aromatic rings. The van der Waals surface area contributed by atoms with Gasteiger partial charge in [-0.3, -0.25) is 9.59 Å². The van der Waals surface area contributed by atoms with Gasteiger partial charge in [0.2, 0.25) is 0 Å². The lowest BCUT2D eigenvalue weighted by molar-refractivity contribution is -0.133. The van der Waals surface area contributed by atoms with Crippen molar-refractivity contribution < 1.29 is 28.7 Å². The minimum absolute atomic E-state index is 0.0498. The number of nitrogens with one attached hydrogen (secondary N) is 2. The van der Waals surface area contributed by atoms with Crippen molar-refractivity contribution in [2.45, 2.75) is 66.6 Å². The second-order valence-electron chi connectivity index (χ2n) is 12.3. The van der Waals surface area contributed by atoms with Gasteiger partial charge in [-0.1, -0.05) is 59.7 Å². The lowest BCUT2D eigenvalue weighted by Gasteiger charge is -2.19. The predicted molar refractivity (Wildman–Crippen MR) is 165 cm³/mol. The Balaban J connectivity index is 1.59. The van der Waals surface area contributed by atoms with Crippen LogP contribution in [-0.2, 0) is 19.1 Å². The Morgan fingerprint density at radius 1 is 0.591 bits per heavy atom. The summed E-state index contributed by atoms with van der Waals surface area (Å²) in [5.41, 5.74) is 2.45. The van der Waals surface area contributed by atoms with Crippen molar-refractivity contribution in [3.8, 4) is 22.5 Å². The zero-order valence-corrected chi connectivity index (χ0v) is 26.0. The van der Waals surface area contributed by atoms with Gasteiger partial charge < -0.3 is 20.1 Å². The molecule has 0 aliphatic heterocycles. The fraction of sp³-hybridized carbons (Fsp3) is 0.312. The molecule has 2 aromatic carbocycles. The van der Waals surface area contributed by atoms with Crippen LogP contribution in [0.2, 0.25) is 0 Å². The molecule has 0 unspecified atom stereocenters. The molecule has 2 heterocycles. The largest absolute Gasteiger partial charge is 0.442 e. The van der Waals surface area contributed by atoms with Crippen LogP contribution in [-0.4, -0.2) is 54.8 Å². The van der Waals surface area contributed by atoms with Crippen molar-refractivity contribution >= 4 is 35.6 Å². The van der Waals surface area contributed by atoms with Crippen LogP contribution < -0.4 is 10.6 Å². The van der Waals surface area contributed by atoms with E-state index in [0.29, 0.717) is 22.5 Å². The molecule has 0 radical (unpaired) electrons. The van der Waals surface area contributed by atoms with Gasteiger partial charge in [-0.15, -0.1) is 10.2 Å². The lowest BCUT2D eigenvalue weighted by Crippen LogP contribution is -2.30. The van der Waals surface area contributed by atoms with Crippen molar-refractivity contribution in [2.24, 2.45) is 0 Å². The zero-order valence-electron chi connectivity index (χ0n) is 26.0. The summed E-state index contributed by atoms with van der Waals surface area (Å²) in [4.78, 5) is 51.7. The summed E-state index contributed by atoms with van der Waals surface area (Å²) in [6, 6.07) is 17.6. The van der Waals surface area contributed by atoms with Crippen molar-refractivity contribution in [1.29, 1.82) is 0 Å². The number of carbonyl (C=O) groups excluding carboxylic acids is 4. The van der Waals surface area contributed by atoms with E-state index in [1.54, 1.807) is 65.8 Å². The van der Waals surface area contributed by atoms with Gasteiger partial charge in [0, 0.05) is 23.3 Å². The summed E-state index contributed by atoms with van der Waals surface area (Å²) in [6.45, 7) is 14.2. The Hall–Kier alpha value is -5.26. The molecule has 0 saturated carbocycles. The van der Waals surface area contributed by atoms with Gasteiger partial charge in [0.25, 0.3) is 0 Å². The van der Waals surface area contributed by atoms with Gasteiger partial charge in [-0.2, -0.15) is 9.36 Å². The molecule has 2 N–H and O–H groups in total. The maximum atomic E-state index is 12.9. The van der Waals surface area contributed by atoms with Gasteiger partial charge in [0.15, 0.2) is 11.6 Å². The predicted octanol–water partition coefficient (Wildman–Crippen LogP) is 6.17. The topological polar surface area (TPSA) is 146 Å². The third kappa shape index (κ3) is 7.97. The van der Waals surface area contributed by atoms with Gasteiger partial charge in [0.1, 0.15) is 11.2 Å². The van der Waals surface area contributed by atoms with Gasteiger partial charge >= 0.3 is 24.0 Å². The highest BCUT2D eigenvalue weighted by Gasteiger charge is 2.26. The number of carbonyl (C=O) groups is 4. The van der Waals surface area contributed by atoms with Crippen LogP contribution >= 0.6 is 0 Å². The highest BCUT2D eigenvalue weighted by molar-refractivity contribution is 6.43. The first-order valence-electron chi connectivity index (χ1n) is 13.9. The van der Waals surface area contributed by atoms with Crippen molar-refractivity contribution in [1.82, 2.24) is 19.6 Å². The van der Waals surface area contributed by atoms with E-state index in [-0.39, 0.29) is 11.6 Å². The monoisotopic (exact) mass is 600 g/mol. The summed E-state index contributed by atoms with van der Waals surface area (Å²) >= 11 is 0. The van der Waals surface area contributed by atoms with E-state index in [2.05, 4.69) is 20.8 Å². The van der Waals surface area contributed by atoms with Crippen LogP contribution in [0.25, 0.3) is 22.5 Å². The number of hydrogen-bond donors (Lipinski definition) is 2. The molecule has 12 nitrogen and oxygen atoms in total. The highest BCUT2D eigenvalue weighted by Crippen LogP contribution is 2.26. The van der Waals surface area contributed by atoms with Crippen LogP contribution in [0.3, 0.4) is 0 Å². The third-order valence-corrected chi connectivity index (χ3v) is 5.94. The Morgan fingerprint density at radius 3 is 1.20 bits per heavy atom. The number of benzene rings is 2. The molecule has 44 heavy (non-hydrogen) atoms. The van der Waals surface area contributed by atoms with Gasteiger partial charge in [-0.25, -0.2) is 9.59 Å². The number of nitrogens with zero attached hydrogens (tertiary/aromatic N) is 4. The summed E-state index contributed by atoms with van der Waals surface area (Å²) in [5.74, 6) is -2.24. The number of aromatic nitrogens is 4. The minimum atomic E-state index is -1.07. The molecule has 4 rings (SSSR count). The summed E-state index contributed by atoms with van der Waals surface area (Å²) in [5, 5.41) is 13.2. The van der Waals surface area contributed by atoms with E-state index in [1.165, 1.54) is 12.1 Å². The Kier molecular flexibility index (Phi) is 8.75. The molecule has 0 aliphatic rings. The number of aryl methyl sites for hydroxylation is 2. The first-order valence-corrected chi connectivity index (χ1v) is 13.9. The van der Waals surface area contributed by atoms with Crippen LogP contribution in [0.1, 0.15) is 52.7 Å². The normalized spacial score (nSPS) is 11.5. The summed E-state index contributed by atoms with van der Waals surface area (Å²) < 4.78 is 13.0. The quantitative estimate of drug-likeness (QED) is 0.264. The van der Waals surface area contributed by atoms with Crippen LogP contribution in [0, 0.1) is 13.8 Å². The fourth-order valence-electron chi connectivity index (χ4n) is 3.98. The second kappa shape index (κ2) is 12.2. The molecular weight excluding hydrogens is 564 g/mol. The number of rotatable bonds is 4. The second-order valence-corrected chi connectivity index (χ2v) is 12.3. The molecule has 0 spiro atoms. The maximum absolute atomic E-state index is 12.9. The smallest absolute Gasteiger partial charge is 0.435 e. The molecule has 230 valence electrons. The van der Waals surface area contributed by atoms with Gasteiger partial charge in [-0.05, 0) is 55.4 Å². The third-order valence-electron chi connectivity index (χ3n) is 5.94. The minimum Gasteiger partial charge on any atom is -0.442 e. The number of anilines is 2. The Labute approximate surface area is 255 Å². The Morgan fingerprint density at radius 2 is 0.909 bits per heavy atom.